The first-order valence-corrected chi connectivity index (χ1v) is 6.57. The van der Waals surface area contributed by atoms with Crippen molar-refractivity contribution in [2.24, 2.45) is 0 Å². The van der Waals surface area contributed by atoms with Gasteiger partial charge in [0.15, 0.2) is 0 Å². The summed E-state index contributed by atoms with van der Waals surface area (Å²) in [5.74, 6) is 0.0616. The third-order valence-corrected chi connectivity index (χ3v) is 3.53. The Kier molecular flexibility index (Phi) is 3.23. The summed E-state index contributed by atoms with van der Waals surface area (Å²) in [6, 6.07) is 10.0. The summed E-state index contributed by atoms with van der Waals surface area (Å²) in [6.45, 7) is 1.42. The molecule has 19 heavy (non-hydrogen) atoms. The van der Waals surface area contributed by atoms with Crippen LogP contribution >= 0.6 is 0 Å². The summed E-state index contributed by atoms with van der Waals surface area (Å²) in [7, 11) is 0. The van der Waals surface area contributed by atoms with Gasteiger partial charge in [-0.05, 0) is 29.7 Å². The summed E-state index contributed by atoms with van der Waals surface area (Å²) in [5, 5.41) is 6.34. The number of para-hydroxylation sites is 1. The van der Waals surface area contributed by atoms with E-state index in [0.29, 0.717) is 6.54 Å². The number of rotatable bonds is 3. The zero-order valence-electron chi connectivity index (χ0n) is 10.6. The Balaban J connectivity index is 1.71. The van der Waals surface area contributed by atoms with Crippen LogP contribution in [-0.4, -0.2) is 17.4 Å². The lowest BCUT2D eigenvalue weighted by molar-refractivity contribution is -0.122. The fourth-order valence-corrected chi connectivity index (χ4v) is 2.52. The lowest BCUT2D eigenvalue weighted by atomic mass is 9.90. The van der Waals surface area contributed by atoms with Crippen molar-refractivity contribution in [1.82, 2.24) is 10.3 Å². The number of amides is 1. The van der Waals surface area contributed by atoms with E-state index >= 15 is 0 Å². The van der Waals surface area contributed by atoms with Crippen molar-refractivity contribution in [2.45, 2.75) is 18.9 Å². The third kappa shape index (κ3) is 2.47. The van der Waals surface area contributed by atoms with Crippen LogP contribution < -0.4 is 10.6 Å². The van der Waals surface area contributed by atoms with E-state index in [-0.39, 0.29) is 11.8 Å². The van der Waals surface area contributed by atoms with Gasteiger partial charge in [-0.1, -0.05) is 18.2 Å². The average molecular weight is 255 g/mol. The summed E-state index contributed by atoms with van der Waals surface area (Å²) in [5.41, 5.74) is 3.27. The maximum Gasteiger partial charge on any atom is 0.227 e. The zero-order valence-corrected chi connectivity index (χ0v) is 10.6. The number of benzene rings is 1. The number of hydrogen-bond donors (Lipinski definition) is 3. The van der Waals surface area contributed by atoms with E-state index in [0.717, 1.165) is 29.8 Å². The monoisotopic (exact) mass is 255 g/mol. The summed E-state index contributed by atoms with van der Waals surface area (Å²) in [4.78, 5) is 15.3. The van der Waals surface area contributed by atoms with Crippen LogP contribution in [0.4, 0.5) is 5.69 Å². The topological polar surface area (TPSA) is 56.9 Å². The molecule has 0 spiro atoms. The highest BCUT2D eigenvalue weighted by molar-refractivity contribution is 5.86. The molecule has 1 aromatic heterocycles. The fourth-order valence-electron chi connectivity index (χ4n) is 2.52. The molecule has 3 N–H and O–H groups in total. The van der Waals surface area contributed by atoms with Crippen LogP contribution in [-0.2, 0) is 11.3 Å². The standard InChI is InChI=1S/C15H17N3O/c19-15(18-10-11-5-7-16-9-11)13-6-8-17-14-4-2-1-3-12(13)14/h1-5,7,9,13,16-17H,6,8,10H2,(H,18,19). The molecule has 2 heterocycles. The second kappa shape index (κ2) is 5.18. The molecule has 0 fully saturated rings. The lowest BCUT2D eigenvalue weighted by Gasteiger charge is -2.25. The minimum atomic E-state index is -0.0450. The molecular weight excluding hydrogens is 238 g/mol. The van der Waals surface area contributed by atoms with E-state index in [9.17, 15) is 4.79 Å². The first-order chi connectivity index (χ1) is 9.34. The smallest absolute Gasteiger partial charge is 0.227 e. The quantitative estimate of drug-likeness (QED) is 0.787. The number of nitrogens with one attached hydrogen (secondary N) is 3. The van der Waals surface area contributed by atoms with Crippen molar-refractivity contribution in [3.63, 3.8) is 0 Å². The molecular formula is C15H17N3O. The SMILES string of the molecule is O=C(NCc1cc[nH]c1)C1CCNc2ccccc21. The molecule has 1 aliphatic heterocycles. The number of anilines is 1. The van der Waals surface area contributed by atoms with Gasteiger partial charge in [0.1, 0.15) is 0 Å². The minimum absolute atomic E-state index is 0.0450. The average Bonchev–Trinajstić information content (AvgIpc) is 2.97. The van der Waals surface area contributed by atoms with Crippen LogP contribution in [0, 0.1) is 0 Å². The third-order valence-electron chi connectivity index (χ3n) is 3.53. The molecule has 1 amide bonds. The normalized spacial score (nSPS) is 17.4. The zero-order chi connectivity index (χ0) is 13.1. The number of aromatic nitrogens is 1. The van der Waals surface area contributed by atoms with Crippen molar-refractivity contribution in [3.05, 3.63) is 53.9 Å². The molecule has 1 atom stereocenters. The molecule has 0 saturated heterocycles. The lowest BCUT2D eigenvalue weighted by Crippen LogP contribution is -2.32. The van der Waals surface area contributed by atoms with Crippen LogP contribution in [0.1, 0.15) is 23.5 Å². The highest BCUT2D eigenvalue weighted by Crippen LogP contribution is 2.31. The molecule has 1 aromatic carbocycles. The number of aromatic amines is 1. The largest absolute Gasteiger partial charge is 0.385 e. The second-order valence-corrected chi connectivity index (χ2v) is 4.79. The Morgan fingerprint density at radius 2 is 2.21 bits per heavy atom. The molecule has 4 heteroatoms. The summed E-state index contributed by atoms with van der Waals surface area (Å²) in [6.07, 6.45) is 4.61. The van der Waals surface area contributed by atoms with E-state index < -0.39 is 0 Å². The van der Waals surface area contributed by atoms with Crippen LogP contribution in [0.25, 0.3) is 0 Å². The number of H-pyrrole nitrogens is 1. The van der Waals surface area contributed by atoms with Gasteiger partial charge in [-0.25, -0.2) is 0 Å². The predicted octanol–water partition coefficient (Wildman–Crippen LogP) is 2.23. The first-order valence-electron chi connectivity index (χ1n) is 6.57. The van der Waals surface area contributed by atoms with Gasteiger partial charge in [0.25, 0.3) is 0 Å². The Bertz CT molecular complexity index is 563. The van der Waals surface area contributed by atoms with Gasteiger partial charge in [0, 0.05) is 31.2 Å². The molecule has 4 nitrogen and oxygen atoms in total. The Labute approximate surface area is 112 Å². The Morgan fingerprint density at radius 1 is 1.32 bits per heavy atom. The molecule has 2 aromatic rings. The molecule has 1 unspecified atom stereocenters. The summed E-state index contributed by atoms with van der Waals surface area (Å²) >= 11 is 0. The number of fused-ring (bicyclic) bond motifs is 1. The first kappa shape index (κ1) is 11.8. The molecule has 0 saturated carbocycles. The molecule has 98 valence electrons. The Hall–Kier alpha value is -2.23. The maximum absolute atomic E-state index is 12.3. The fraction of sp³-hybridized carbons (Fsp3) is 0.267. The molecule has 0 radical (unpaired) electrons. The van der Waals surface area contributed by atoms with E-state index in [4.69, 9.17) is 0 Å². The van der Waals surface area contributed by atoms with Gasteiger partial charge in [-0.2, -0.15) is 0 Å². The van der Waals surface area contributed by atoms with Gasteiger partial charge >= 0.3 is 0 Å². The maximum atomic E-state index is 12.3. The molecule has 0 bridgehead atoms. The van der Waals surface area contributed by atoms with Crippen LogP contribution in [0.2, 0.25) is 0 Å². The molecule has 1 aliphatic rings. The van der Waals surface area contributed by atoms with Crippen molar-refractivity contribution >= 4 is 11.6 Å². The second-order valence-electron chi connectivity index (χ2n) is 4.79. The minimum Gasteiger partial charge on any atom is -0.385 e. The van der Waals surface area contributed by atoms with Gasteiger partial charge in [-0.3, -0.25) is 4.79 Å². The van der Waals surface area contributed by atoms with Crippen molar-refractivity contribution < 1.29 is 4.79 Å². The van der Waals surface area contributed by atoms with Crippen LogP contribution in [0.3, 0.4) is 0 Å². The number of carbonyl (C=O) groups excluding carboxylic acids is 1. The van der Waals surface area contributed by atoms with Crippen molar-refractivity contribution in [3.8, 4) is 0 Å². The van der Waals surface area contributed by atoms with E-state index in [1.165, 1.54) is 0 Å². The van der Waals surface area contributed by atoms with E-state index in [1.807, 2.05) is 42.7 Å². The highest BCUT2D eigenvalue weighted by atomic mass is 16.1. The summed E-state index contributed by atoms with van der Waals surface area (Å²) < 4.78 is 0. The molecule has 0 aliphatic carbocycles. The van der Waals surface area contributed by atoms with Gasteiger partial charge < -0.3 is 15.6 Å². The van der Waals surface area contributed by atoms with Crippen molar-refractivity contribution in [2.75, 3.05) is 11.9 Å². The number of hydrogen-bond acceptors (Lipinski definition) is 2. The van der Waals surface area contributed by atoms with Crippen LogP contribution in [0.5, 0.6) is 0 Å². The van der Waals surface area contributed by atoms with Crippen molar-refractivity contribution in [1.29, 1.82) is 0 Å². The highest BCUT2D eigenvalue weighted by Gasteiger charge is 2.25. The van der Waals surface area contributed by atoms with Gasteiger partial charge in [0.2, 0.25) is 5.91 Å². The predicted molar refractivity (Wildman–Crippen MR) is 74.9 cm³/mol. The van der Waals surface area contributed by atoms with E-state index in [2.05, 4.69) is 15.6 Å². The number of carbonyl (C=O) groups is 1. The van der Waals surface area contributed by atoms with Gasteiger partial charge in [-0.15, -0.1) is 0 Å². The van der Waals surface area contributed by atoms with Crippen LogP contribution in [0.15, 0.2) is 42.7 Å². The molecule has 3 rings (SSSR count). The van der Waals surface area contributed by atoms with E-state index in [1.54, 1.807) is 0 Å². The Morgan fingerprint density at radius 3 is 3.05 bits per heavy atom. The van der Waals surface area contributed by atoms with Gasteiger partial charge in [0.05, 0.1) is 5.92 Å².